The van der Waals surface area contributed by atoms with Crippen molar-refractivity contribution in [2.45, 2.75) is 39.2 Å². The minimum absolute atomic E-state index is 0.0377. The molecule has 1 heterocycles. The Morgan fingerprint density at radius 1 is 1.46 bits per heavy atom. The van der Waals surface area contributed by atoms with E-state index in [1.165, 1.54) is 0 Å². The third-order valence-electron chi connectivity index (χ3n) is 3.42. The van der Waals surface area contributed by atoms with Gasteiger partial charge in [-0.1, -0.05) is 26.0 Å². The molecule has 0 spiro atoms. The van der Waals surface area contributed by atoms with Crippen LogP contribution in [-0.2, 0) is 9.53 Å². The Kier molecular flexibility index (Phi) is 1.60. The van der Waals surface area contributed by atoms with Crippen LogP contribution in [0.2, 0.25) is 0 Å². The largest absolute Gasteiger partial charge is 0.459 e. The quantitative estimate of drug-likeness (QED) is 0.422. The molecule has 1 aliphatic carbocycles. The molecule has 0 saturated carbocycles. The zero-order chi connectivity index (χ0) is 9.69. The van der Waals surface area contributed by atoms with Crippen molar-refractivity contribution in [3.05, 3.63) is 12.2 Å². The van der Waals surface area contributed by atoms with Crippen LogP contribution >= 0.6 is 0 Å². The van der Waals surface area contributed by atoms with Gasteiger partial charge in [0.2, 0.25) is 0 Å². The average molecular weight is 180 g/mol. The van der Waals surface area contributed by atoms with Crippen molar-refractivity contribution in [2.24, 2.45) is 11.3 Å². The topological polar surface area (TPSA) is 26.3 Å². The summed E-state index contributed by atoms with van der Waals surface area (Å²) < 4.78 is 5.40. The van der Waals surface area contributed by atoms with E-state index in [4.69, 9.17) is 4.74 Å². The smallest absolute Gasteiger partial charge is 0.306 e. The van der Waals surface area contributed by atoms with Crippen LogP contribution in [0, 0.1) is 11.3 Å². The summed E-state index contributed by atoms with van der Waals surface area (Å²) in [6, 6.07) is 0. The molecule has 2 heteroatoms. The second-order valence-corrected chi connectivity index (χ2v) is 4.97. The number of hydrogen-bond donors (Lipinski definition) is 0. The fourth-order valence-electron chi connectivity index (χ4n) is 2.70. The Labute approximate surface area is 79.0 Å². The highest BCUT2D eigenvalue weighted by molar-refractivity contribution is 5.73. The van der Waals surface area contributed by atoms with Gasteiger partial charge in [0.15, 0.2) is 0 Å². The van der Waals surface area contributed by atoms with Gasteiger partial charge in [0.25, 0.3) is 0 Å². The number of fused-ring (bicyclic) bond motifs is 1. The summed E-state index contributed by atoms with van der Waals surface area (Å²) in [5.41, 5.74) is -0.144. The fraction of sp³-hybridized carbons (Fsp3) is 0.727. The van der Waals surface area contributed by atoms with Gasteiger partial charge < -0.3 is 4.74 Å². The molecule has 0 aromatic heterocycles. The van der Waals surface area contributed by atoms with E-state index in [-0.39, 0.29) is 17.0 Å². The number of carbonyl (C=O) groups excluding carboxylic acids is 1. The van der Waals surface area contributed by atoms with Crippen LogP contribution in [0.5, 0.6) is 0 Å². The molecule has 2 nitrogen and oxygen atoms in total. The maximum Gasteiger partial charge on any atom is 0.306 e. The summed E-state index contributed by atoms with van der Waals surface area (Å²) in [7, 11) is 0. The molecule has 0 bridgehead atoms. The zero-order valence-electron chi connectivity index (χ0n) is 8.46. The van der Waals surface area contributed by atoms with Gasteiger partial charge in [-0.15, -0.1) is 0 Å². The summed E-state index contributed by atoms with van der Waals surface area (Å²) in [6.45, 7) is 6.40. The van der Waals surface area contributed by atoms with Gasteiger partial charge in [0.05, 0.1) is 6.42 Å². The molecule has 13 heavy (non-hydrogen) atoms. The second-order valence-electron chi connectivity index (χ2n) is 4.97. The zero-order valence-corrected chi connectivity index (χ0v) is 8.46. The summed E-state index contributed by atoms with van der Waals surface area (Å²) >= 11 is 0. The number of ether oxygens (including phenoxy) is 1. The normalized spacial score (nSPS) is 41.5. The van der Waals surface area contributed by atoms with Crippen LogP contribution in [0.4, 0.5) is 0 Å². The first-order valence-electron chi connectivity index (χ1n) is 4.84. The molecule has 0 radical (unpaired) electrons. The van der Waals surface area contributed by atoms with E-state index in [1.807, 2.05) is 6.92 Å². The predicted molar refractivity (Wildman–Crippen MR) is 50.1 cm³/mol. The number of hydrogen-bond acceptors (Lipinski definition) is 2. The monoisotopic (exact) mass is 180 g/mol. The number of allylic oxidation sites excluding steroid dienone is 1. The lowest BCUT2D eigenvalue weighted by molar-refractivity contribution is -0.148. The molecule has 0 amide bonds. The van der Waals surface area contributed by atoms with E-state index in [0.29, 0.717) is 12.3 Å². The van der Waals surface area contributed by atoms with Gasteiger partial charge in [-0.05, 0) is 12.3 Å². The van der Waals surface area contributed by atoms with E-state index in [2.05, 4.69) is 26.0 Å². The van der Waals surface area contributed by atoms with Crippen molar-refractivity contribution in [3.63, 3.8) is 0 Å². The van der Waals surface area contributed by atoms with Gasteiger partial charge in [-0.25, -0.2) is 0 Å². The van der Waals surface area contributed by atoms with Crippen LogP contribution in [0.1, 0.15) is 33.6 Å². The number of rotatable bonds is 0. The van der Waals surface area contributed by atoms with Gasteiger partial charge in [0, 0.05) is 12.3 Å². The van der Waals surface area contributed by atoms with Crippen LogP contribution < -0.4 is 0 Å². The van der Waals surface area contributed by atoms with Crippen molar-refractivity contribution in [2.75, 3.05) is 0 Å². The van der Waals surface area contributed by atoms with E-state index < -0.39 is 0 Å². The molecule has 2 rings (SSSR count). The molecule has 1 aliphatic heterocycles. The lowest BCUT2D eigenvalue weighted by atomic mass is 9.65. The first kappa shape index (κ1) is 8.79. The van der Waals surface area contributed by atoms with E-state index in [9.17, 15) is 4.79 Å². The standard InChI is InChI=1S/C11H16O2/c1-10(2)5-4-6-11(3)8(10)7-9(12)13-11/h4-5,8H,6-7H2,1-3H3/t8?,11-/m0/s1. The van der Waals surface area contributed by atoms with Gasteiger partial charge in [-0.3, -0.25) is 4.79 Å². The minimum atomic E-state index is -0.241. The minimum Gasteiger partial charge on any atom is -0.459 e. The van der Waals surface area contributed by atoms with Gasteiger partial charge >= 0.3 is 5.97 Å². The van der Waals surface area contributed by atoms with Crippen LogP contribution in [0.25, 0.3) is 0 Å². The summed E-state index contributed by atoms with van der Waals surface area (Å²) in [4.78, 5) is 11.3. The van der Waals surface area contributed by atoms with E-state index >= 15 is 0 Å². The highest BCUT2D eigenvalue weighted by atomic mass is 16.6. The van der Waals surface area contributed by atoms with Crippen LogP contribution in [-0.4, -0.2) is 11.6 Å². The maximum atomic E-state index is 11.3. The van der Waals surface area contributed by atoms with Crippen molar-refractivity contribution >= 4 is 5.97 Å². The highest BCUT2D eigenvalue weighted by Crippen LogP contribution is 2.49. The maximum absolute atomic E-state index is 11.3. The van der Waals surface area contributed by atoms with Crippen molar-refractivity contribution in [1.82, 2.24) is 0 Å². The van der Waals surface area contributed by atoms with E-state index in [0.717, 1.165) is 6.42 Å². The second kappa shape index (κ2) is 2.37. The lowest BCUT2D eigenvalue weighted by Crippen LogP contribution is -2.41. The predicted octanol–water partition coefficient (Wildman–Crippen LogP) is 2.29. The molecule has 72 valence electrons. The Morgan fingerprint density at radius 3 is 2.77 bits per heavy atom. The average Bonchev–Trinajstić information content (AvgIpc) is 2.25. The molecule has 1 unspecified atom stereocenters. The fourth-order valence-corrected chi connectivity index (χ4v) is 2.70. The molecular formula is C11H16O2. The van der Waals surface area contributed by atoms with Crippen molar-refractivity contribution in [3.8, 4) is 0 Å². The van der Waals surface area contributed by atoms with Crippen LogP contribution in [0.3, 0.4) is 0 Å². The van der Waals surface area contributed by atoms with Crippen molar-refractivity contribution < 1.29 is 9.53 Å². The summed E-state index contributed by atoms with van der Waals surface area (Å²) in [5, 5.41) is 0. The van der Waals surface area contributed by atoms with Crippen molar-refractivity contribution in [1.29, 1.82) is 0 Å². The van der Waals surface area contributed by atoms with Crippen LogP contribution in [0.15, 0.2) is 12.2 Å². The summed E-state index contributed by atoms with van der Waals surface area (Å²) in [6.07, 6.45) is 5.79. The number of esters is 1. The Balaban J connectivity index is 2.38. The first-order chi connectivity index (χ1) is 5.94. The molecule has 1 saturated heterocycles. The third-order valence-corrected chi connectivity index (χ3v) is 3.42. The van der Waals surface area contributed by atoms with Gasteiger partial charge in [-0.2, -0.15) is 0 Å². The molecule has 2 atom stereocenters. The Morgan fingerprint density at radius 2 is 2.15 bits per heavy atom. The Hall–Kier alpha value is -0.790. The molecule has 0 aromatic rings. The highest BCUT2D eigenvalue weighted by Gasteiger charge is 2.52. The summed E-state index contributed by atoms with van der Waals surface area (Å²) in [5.74, 6) is 0.307. The molecular weight excluding hydrogens is 164 g/mol. The number of carbonyl (C=O) groups is 1. The molecule has 0 N–H and O–H groups in total. The molecule has 2 aliphatic rings. The molecule has 1 fully saturated rings. The first-order valence-corrected chi connectivity index (χ1v) is 4.84. The van der Waals surface area contributed by atoms with E-state index in [1.54, 1.807) is 0 Å². The lowest BCUT2D eigenvalue weighted by Gasteiger charge is -2.41. The molecule has 0 aromatic carbocycles. The Bertz CT molecular complexity index is 278. The SMILES string of the molecule is CC1(C)C=CC[C@]2(C)OC(=O)CC12. The third kappa shape index (κ3) is 1.19. The van der Waals surface area contributed by atoms with Gasteiger partial charge in [0.1, 0.15) is 5.60 Å².